The average Bonchev–Trinajstić information content (AvgIpc) is 2.65. The smallest absolute Gasteiger partial charge is 0.324 e. The van der Waals surface area contributed by atoms with Crippen LogP contribution in [-0.2, 0) is 6.54 Å². The quantitative estimate of drug-likeness (QED) is 0.910. The molecule has 5 nitrogen and oxygen atoms in total. The molecule has 2 aromatic carbocycles. The van der Waals surface area contributed by atoms with Crippen molar-refractivity contribution in [3.8, 4) is 0 Å². The highest BCUT2D eigenvalue weighted by atomic mass is 16.2. The zero-order chi connectivity index (χ0) is 17.6. The molecule has 1 saturated heterocycles. The first-order valence-electron chi connectivity index (χ1n) is 8.67. The van der Waals surface area contributed by atoms with Gasteiger partial charge in [0.05, 0.1) is 0 Å². The molecule has 0 bridgehead atoms. The van der Waals surface area contributed by atoms with Crippen LogP contribution < -0.4 is 10.2 Å². The lowest BCUT2D eigenvalue weighted by molar-refractivity contribution is 0.0956. The van der Waals surface area contributed by atoms with Gasteiger partial charge in [0.25, 0.3) is 5.91 Å². The third kappa shape index (κ3) is 3.99. The molecule has 25 heavy (non-hydrogen) atoms. The minimum absolute atomic E-state index is 0.0147. The molecular weight excluding hydrogens is 314 g/mol. The Morgan fingerprint density at radius 2 is 1.76 bits per heavy atom. The van der Waals surface area contributed by atoms with E-state index in [1.165, 1.54) is 0 Å². The van der Waals surface area contributed by atoms with E-state index >= 15 is 0 Å². The van der Waals surface area contributed by atoms with E-state index in [2.05, 4.69) is 5.32 Å². The summed E-state index contributed by atoms with van der Waals surface area (Å²) in [6, 6.07) is 17.3. The highest BCUT2D eigenvalue weighted by molar-refractivity contribution is 5.96. The Kier molecular flexibility index (Phi) is 5.33. The molecule has 0 aromatic heterocycles. The first-order valence-corrected chi connectivity index (χ1v) is 8.67. The van der Waals surface area contributed by atoms with Crippen LogP contribution in [0.1, 0.15) is 29.3 Å². The molecule has 3 amide bonds. The van der Waals surface area contributed by atoms with Gasteiger partial charge in [-0.05, 0) is 43.2 Å². The van der Waals surface area contributed by atoms with Crippen molar-refractivity contribution in [2.75, 3.05) is 24.5 Å². The van der Waals surface area contributed by atoms with Gasteiger partial charge in [-0.1, -0.05) is 30.3 Å². The summed E-state index contributed by atoms with van der Waals surface area (Å²) < 4.78 is 0. The van der Waals surface area contributed by atoms with Crippen LogP contribution in [0.15, 0.2) is 54.6 Å². The summed E-state index contributed by atoms with van der Waals surface area (Å²) in [5.41, 5.74) is 2.57. The Morgan fingerprint density at radius 3 is 2.44 bits per heavy atom. The van der Waals surface area contributed by atoms with Gasteiger partial charge in [0, 0.05) is 37.4 Å². The van der Waals surface area contributed by atoms with Crippen molar-refractivity contribution >= 4 is 17.6 Å². The highest BCUT2D eigenvalue weighted by Gasteiger charge is 2.26. The molecule has 1 fully saturated rings. The van der Waals surface area contributed by atoms with Crippen LogP contribution in [-0.4, -0.2) is 36.5 Å². The van der Waals surface area contributed by atoms with Crippen molar-refractivity contribution in [2.24, 2.45) is 0 Å². The number of carbonyl (C=O) groups is 2. The van der Waals surface area contributed by atoms with Gasteiger partial charge in [-0.15, -0.1) is 0 Å². The fraction of sp³-hybridized carbons (Fsp3) is 0.300. The molecule has 2 aromatic rings. The Bertz CT molecular complexity index is 728. The lowest BCUT2D eigenvalue weighted by atomic mass is 10.1. The molecule has 1 heterocycles. The largest absolute Gasteiger partial charge is 0.352 e. The summed E-state index contributed by atoms with van der Waals surface area (Å²) in [5, 5.41) is 2.78. The van der Waals surface area contributed by atoms with E-state index in [0.29, 0.717) is 25.2 Å². The molecule has 3 rings (SSSR count). The maximum Gasteiger partial charge on any atom is 0.324 e. The topological polar surface area (TPSA) is 52.7 Å². The number of benzene rings is 2. The van der Waals surface area contributed by atoms with Crippen molar-refractivity contribution in [3.05, 3.63) is 65.7 Å². The molecule has 0 unspecified atom stereocenters. The fourth-order valence-corrected chi connectivity index (χ4v) is 3.03. The van der Waals surface area contributed by atoms with Gasteiger partial charge in [-0.25, -0.2) is 4.79 Å². The van der Waals surface area contributed by atoms with E-state index < -0.39 is 0 Å². The van der Waals surface area contributed by atoms with Crippen LogP contribution in [0.25, 0.3) is 0 Å². The van der Waals surface area contributed by atoms with Crippen LogP contribution in [0, 0.1) is 0 Å². The van der Waals surface area contributed by atoms with E-state index in [0.717, 1.165) is 24.2 Å². The number of hydrogen-bond donors (Lipinski definition) is 1. The second-order valence-electron chi connectivity index (χ2n) is 6.10. The van der Waals surface area contributed by atoms with E-state index in [-0.39, 0.29) is 11.9 Å². The second kappa shape index (κ2) is 7.83. The number of nitrogens with zero attached hydrogens (tertiary/aromatic N) is 2. The summed E-state index contributed by atoms with van der Waals surface area (Å²) >= 11 is 0. The molecule has 0 saturated carbocycles. The molecule has 1 aliphatic heterocycles. The van der Waals surface area contributed by atoms with E-state index in [4.69, 9.17) is 0 Å². The van der Waals surface area contributed by atoms with E-state index in [1.54, 1.807) is 17.0 Å². The first kappa shape index (κ1) is 17.0. The van der Waals surface area contributed by atoms with Crippen LogP contribution >= 0.6 is 0 Å². The number of urea groups is 1. The van der Waals surface area contributed by atoms with Crippen molar-refractivity contribution in [3.63, 3.8) is 0 Å². The summed E-state index contributed by atoms with van der Waals surface area (Å²) in [5.74, 6) is -0.0928. The van der Waals surface area contributed by atoms with Gasteiger partial charge in [-0.3, -0.25) is 9.69 Å². The molecule has 5 heteroatoms. The number of rotatable bonds is 5. The summed E-state index contributed by atoms with van der Waals surface area (Å²) in [6.45, 7) is 4.57. The zero-order valence-corrected chi connectivity index (χ0v) is 14.4. The first-order chi connectivity index (χ1) is 12.2. The third-order valence-electron chi connectivity index (χ3n) is 4.31. The Morgan fingerprint density at radius 1 is 1.04 bits per heavy atom. The molecular formula is C20H23N3O2. The molecule has 0 spiro atoms. The Labute approximate surface area is 148 Å². The second-order valence-corrected chi connectivity index (χ2v) is 6.10. The molecule has 0 aliphatic carbocycles. The number of hydrogen-bond acceptors (Lipinski definition) is 2. The standard InChI is InChI=1S/C20H23N3O2/c1-2-21-19(24)17-9-11-18(12-10-17)23-14-6-13-22(20(23)25)15-16-7-4-3-5-8-16/h3-5,7-12H,2,6,13-15H2,1H3,(H,21,24). The van der Waals surface area contributed by atoms with Crippen LogP contribution in [0.5, 0.6) is 0 Å². The molecule has 1 N–H and O–H groups in total. The Hall–Kier alpha value is -2.82. The van der Waals surface area contributed by atoms with Crippen molar-refractivity contribution < 1.29 is 9.59 Å². The molecule has 130 valence electrons. The maximum absolute atomic E-state index is 12.8. The van der Waals surface area contributed by atoms with Gasteiger partial charge in [0.15, 0.2) is 0 Å². The summed E-state index contributed by atoms with van der Waals surface area (Å²) in [7, 11) is 0. The van der Waals surface area contributed by atoms with Gasteiger partial charge in [0.2, 0.25) is 0 Å². The minimum atomic E-state index is -0.0928. The predicted octanol–water partition coefficient (Wildman–Crippen LogP) is 3.27. The monoisotopic (exact) mass is 337 g/mol. The lowest BCUT2D eigenvalue weighted by Crippen LogP contribution is -2.49. The van der Waals surface area contributed by atoms with Crippen LogP contribution in [0.4, 0.5) is 10.5 Å². The van der Waals surface area contributed by atoms with Gasteiger partial charge in [0.1, 0.15) is 0 Å². The van der Waals surface area contributed by atoms with Gasteiger partial charge < -0.3 is 10.2 Å². The third-order valence-corrected chi connectivity index (χ3v) is 4.31. The van der Waals surface area contributed by atoms with Gasteiger partial charge >= 0.3 is 6.03 Å². The normalized spacial score (nSPS) is 14.5. The zero-order valence-electron chi connectivity index (χ0n) is 14.4. The van der Waals surface area contributed by atoms with Crippen LogP contribution in [0.3, 0.4) is 0 Å². The minimum Gasteiger partial charge on any atom is -0.352 e. The fourth-order valence-electron chi connectivity index (χ4n) is 3.03. The SMILES string of the molecule is CCNC(=O)c1ccc(N2CCCN(Cc3ccccc3)C2=O)cc1. The molecule has 0 radical (unpaired) electrons. The van der Waals surface area contributed by atoms with E-state index in [1.807, 2.05) is 54.3 Å². The van der Waals surface area contributed by atoms with Gasteiger partial charge in [-0.2, -0.15) is 0 Å². The lowest BCUT2D eigenvalue weighted by Gasteiger charge is -2.35. The number of amides is 3. The van der Waals surface area contributed by atoms with Crippen molar-refractivity contribution in [2.45, 2.75) is 19.9 Å². The molecule has 1 aliphatic rings. The summed E-state index contributed by atoms with van der Waals surface area (Å²) in [4.78, 5) is 28.3. The predicted molar refractivity (Wildman–Crippen MR) is 98.7 cm³/mol. The van der Waals surface area contributed by atoms with Crippen LogP contribution in [0.2, 0.25) is 0 Å². The Balaban J connectivity index is 1.71. The van der Waals surface area contributed by atoms with Crippen molar-refractivity contribution in [1.82, 2.24) is 10.2 Å². The van der Waals surface area contributed by atoms with Crippen molar-refractivity contribution in [1.29, 1.82) is 0 Å². The average molecular weight is 337 g/mol. The number of nitrogens with one attached hydrogen (secondary N) is 1. The number of anilines is 1. The molecule has 0 atom stereocenters. The van der Waals surface area contributed by atoms with E-state index in [9.17, 15) is 9.59 Å². The maximum atomic E-state index is 12.8. The number of carbonyl (C=O) groups excluding carboxylic acids is 2. The summed E-state index contributed by atoms with van der Waals surface area (Å²) in [6.07, 6.45) is 0.927. The highest BCUT2D eigenvalue weighted by Crippen LogP contribution is 2.22.